The van der Waals surface area contributed by atoms with Gasteiger partial charge in [0.05, 0.1) is 5.56 Å². The van der Waals surface area contributed by atoms with Crippen LogP contribution in [0.3, 0.4) is 0 Å². The second-order valence-corrected chi connectivity index (χ2v) is 5.29. The molecular weight excluding hydrogens is 232 g/mol. The zero-order chi connectivity index (χ0) is 13.0. The molecule has 0 aliphatic heterocycles. The molecule has 1 aromatic rings. The quantitative estimate of drug-likeness (QED) is 0.695. The van der Waals surface area contributed by atoms with Gasteiger partial charge < -0.3 is 10.3 Å². The summed E-state index contributed by atoms with van der Waals surface area (Å²) in [5.74, 6) is 1.37. The van der Waals surface area contributed by atoms with Gasteiger partial charge in [0.1, 0.15) is 0 Å². The zero-order valence-electron chi connectivity index (χ0n) is 11.0. The number of nitrogens with one attached hydrogen (secondary N) is 2. The number of carbonyl (C=O) groups excluding carboxylic acids is 1. The topological polar surface area (TPSA) is 44.9 Å². The molecule has 1 aromatic heterocycles. The van der Waals surface area contributed by atoms with Crippen molar-refractivity contribution in [1.82, 2.24) is 10.3 Å². The number of aromatic nitrogens is 1. The van der Waals surface area contributed by atoms with Crippen LogP contribution in [0.15, 0.2) is 6.07 Å². The second kappa shape index (κ2) is 6.15. The number of rotatable bonds is 5. The summed E-state index contributed by atoms with van der Waals surface area (Å²) in [5.41, 5.74) is 2.90. The van der Waals surface area contributed by atoms with Crippen molar-refractivity contribution >= 4 is 18.5 Å². The molecule has 0 saturated heterocycles. The molecule has 3 nitrogen and oxygen atoms in total. The van der Waals surface area contributed by atoms with Crippen molar-refractivity contribution in [3.8, 4) is 0 Å². The Balaban J connectivity index is 2.99. The first-order chi connectivity index (χ1) is 7.97. The van der Waals surface area contributed by atoms with Gasteiger partial charge >= 0.3 is 0 Å². The monoisotopic (exact) mass is 254 g/mol. The Hall–Kier alpha value is -0.900. The third kappa shape index (κ3) is 3.53. The molecule has 0 bridgehead atoms. The minimum atomic E-state index is -0.00843. The van der Waals surface area contributed by atoms with E-state index in [9.17, 15) is 4.79 Å². The standard InChI is InChI=1S/C13H22N2OS/c1-8(2)11-7-10(12(15-11)9(3)4)13(16)14-5-6-17/h7-9,15,17H,5-6H2,1-4H3,(H,14,16). The third-order valence-electron chi connectivity index (χ3n) is 2.71. The SMILES string of the molecule is CC(C)c1cc(C(=O)NCCS)c(C(C)C)[nH]1. The Kier molecular flexibility index (Phi) is 5.12. The molecular formula is C13H22N2OS. The highest BCUT2D eigenvalue weighted by Gasteiger charge is 2.18. The second-order valence-electron chi connectivity index (χ2n) is 4.84. The van der Waals surface area contributed by atoms with E-state index in [1.807, 2.05) is 6.07 Å². The van der Waals surface area contributed by atoms with Gasteiger partial charge in [-0.05, 0) is 17.9 Å². The molecule has 0 spiro atoms. The first-order valence-electron chi connectivity index (χ1n) is 6.09. The number of hydrogen-bond acceptors (Lipinski definition) is 2. The lowest BCUT2D eigenvalue weighted by Gasteiger charge is -2.07. The Labute approximate surface area is 109 Å². The van der Waals surface area contributed by atoms with Gasteiger partial charge in [0, 0.05) is 23.7 Å². The number of hydrogen-bond donors (Lipinski definition) is 3. The van der Waals surface area contributed by atoms with Crippen molar-refractivity contribution in [3.05, 3.63) is 23.0 Å². The molecule has 1 rings (SSSR count). The summed E-state index contributed by atoms with van der Waals surface area (Å²) in [7, 11) is 0. The highest BCUT2D eigenvalue weighted by Crippen LogP contribution is 2.23. The number of amides is 1. The van der Waals surface area contributed by atoms with Crippen LogP contribution in [0.5, 0.6) is 0 Å². The molecule has 0 atom stereocenters. The van der Waals surface area contributed by atoms with E-state index in [1.165, 1.54) is 0 Å². The van der Waals surface area contributed by atoms with Gasteiger partial charge in [0.15, 0.2) is 0 Å². The van der Waals surface area contributed by atoms with E-state index in [-0.39, 0.29) is 5.91 Å². The predicted molar refractivity (Wildman–Crippen MR) is 75.2 cm³/mol. The highest BCUT2D eigenvalue weighted by atomic mass is 32.1. The van der Waals surface area contributed by atoms with Crippen molar-refractivity contribution in [2.75, 3.05) is 12.3 Å². The molecule has 17 heavy (non-hydrogen) atoms. The number of thiol groups is 1. The Bertz CT molecular complexity index is 383. The summed E-state index contributed by atoms with van der Waals surface area (Å²) in [6.45, 7) is 9.01. The van der Waals surface area contributed by atoms with Gasteiger partial charge in [-0.25, -0.2) is 0 Å². The van der Waals surface area contributed by atoms with E-state index in [2.05, 4.69) is 50.6 Å². The fraction of sp³-hybridized carbons (Fsp3) is 0.615. The third-order valence-corrected chi connectivity index (χ3v) is 2.93. The van der Waals surface area contributed by atoms with E-state index in [1.54, 1.807) is 0 Å². The average Bonchev–Trinajstić information content (AvgIpc) is 2.70. The first kappa shape index (κ1) is 14.2. The fourth-order valence-corrected chi connectivity index (χ4v) is 1.82. The van der Waals surface area contributed by atoms with Crippen LogP contribution >= 0.6 is 12.6 Å². The smallest absolute Gasteiger partial charge is 0.253 e. The van der Waals surface area contributed by atoms with Crippen molar-refractivity contribution in [2.45, 2.75) is 39.5 Å². The predicted octanol–water partition coefficient (Wildman–Crippen LogP) is 2.92. The van der Waals surface area contributed by atoms with E-state index >= 15 is 0 Å². The Morgan fingerprint density at radius 2 is 2.00 bits per heavy atom. The molecule has 0 radical (unpaired) electrons. The fourth-order valence-electron chi connectivity index (χ4n) is 1.71. The molecule has 0 saturated carbocycles. The maximum atomic E-state index is 12.0. The lowest BCUT2D eigenvalue weighted by molar-refractivity contribution is 0.0955. The summed E-state index contributed by atoms with van der Waals surface area (Å²) in [5, 5.41) is 2.86. The largest absolute Gasteiger partial charge is 0.361 e. The lowest BCUT2D eigenvalue weighted by atomic mass is 10.1. The van der Waals surface area contributed by atoms with Crippen molar-refractivity contribution in [1.29, 1.82) is 0 Å². The number of aromatic amines is 1. The molecule has 0 aliphatic carbocycles. The average molecular weight is 254 g/mol. The Morgan fingerprint density at radius 3 is 2.47 bits per heavy atom. The molecule has 0 fully saturated rings. The van der Waals surface area contributed by atoms with Gasteiger partial charge in [-0.3, -0.25) is 4.79 Å². The zero-order valence-corrected chi connectivity index (χ0v) is 11.9. The molecule has 0 aromatic carbocycles. The highest BCUT2D eigenvalue weighted by molar-refractivity contribution is 7.80. The number of carbonyl (C=O) groups is 1. The van der Waals surface area contributed by atoms with Gasteiger partial charge in [-0.15, -0.1) is 0 Å². The first-order valence-corrected chi connectivity index (χ1v) is 6.72. The van der Waals surface area contributed by atoms with E-state index in [0.717, 1.165) is 17.0 Å². The van der Waals surface area contributed by atoms with E-state index < -0.39 is 0 Å². The van der Waals surface area contributed by atoms with E-state index in [0.29, 0.717) is 24.1 Å². The van der Waals surface area contributed by atoms with Crippen LogP contribution < -0.4 is 5.32 Å². The molecule has 1 heterocycles. The minimum Gasteiger partial charge on any atom is -0.361 e. The van der Waals surface area contributed by atoms with Gasteiger partial charge in [0.2, 0.25) is 0 Å². The molecule has 1 amide bonds. The normalized spacial score (nSPS) is 11.2. The minimum absolute atomic E-state index is 0.00843. The van der Waals surface area contributed by atoms with Crippen LogP contribution in [0.25, 0.3) is 0 Å². The summed E-state index contributed by atoms with van der Waals surface area (Å²) in [6, 6.07) is 1.97. The van der Waals surface area contributed by atoms with Crippen LogP contribution in [0.1, 0.15) is 61.3 Å². The maximum absolute atomic E-state index is 12.0. The molecule has 0 unspecified atom stereocenters. The summed E-state index contributed by atoms with van der Waals surface area (Å²) >= 11 is 4.09. The summed E-state index contributed by atoms with van der Waals surface area (Å²) in [4.78, 5) is 15.4. The molecule has 4 heteroatoms. The molecule has 2 N–H and O–H groups in total. The summed E-state index contributed by atoms with van der Waals surface area (Å²) in [6.07, 6.45) is 0. The lowest BCUT2D eigenvalue weighted by Crippen LogP contribution is -2.26. The molecule has 96 valence electrons. The van der Waals surface area contributed by atoms with Gasteiger partial charge in [0.25, 0.3) is 5.91 Å². The van der Waals surface area contributed by atoms with Crippen molar-refractivity contribution in [3.63, 3.8) is 0 Å². The van der Waals surface area contributed by atoms with Crippen LogP contribution in [0.2, 0.25) is 0 Å². The van der Waals surface area contributed by atoms with Crippen LogP contribution in [-0.4, -0.2) is 23.2 Å². The maximum Gasteiger partial charge on any atom is 0.253 e. The Morgan fingerprint density at radius 1 is 1.35 bits per heavy atom. The van der Waals surface area contributed by atoms with Crippen LogP contribution in [0.4, 0.5) is 0 Å². The van der Waals surface area contributed by atoms with E-state index in [4.69, 9.17) is 0 Å². The van der Waals surface area contributed by atoms with Crippen LogP contribution in [-0.2, 0) is 0 Å². The van der Waals surface area contributed by atoms with Gasteiger partial charge in [-0.2, -0.15) is 12.6 Å². The summed E-state index contributed by atoms with van der Waals surface area (Å²) < 4.78 is 0. The number of H-pyrrole nitrogens is 1. The van der Waals surface area contributed by atoms with Crippen molar-refractivity contribution in [2.24, 2.45) is 0 Å². The van der Waals surface area contributed by atoms with Gasteiger partial charge in [-0.1, -0.05) is 27.7 Å². The molecule has 0 aliphatic rings. The van der Waals surface area contributed by atoms with Crippen molar-refractivity contribution < 1.29 is 4.79 Å². The van der Waals surface area contributed by atoms with Crippen LogP contribution in [0, 0.1) is 0 Å².